The molecule has 0 aromatic rings. The molecule has 2 unspecified atom stereocenters. The number of quaternary nitrogens is 1. The summed E-state index contributed by atoms with van der Waals surface area (Å²) in [5.41, 5.74) is 0. The van der Waals surface area contributed by atoms with Gasteiger partial charge in [-0.3, -0.25) is 18.6 Å². The number of unbranched alkanes of at least 4 members (excludes halogenated alkanes) is 17. The minimum absolute atomic E-state index is 0.0187. The number of phosphoric ester groups is 1. The van der Waals surface area contributed by atoms with E-state index in [9.17, 15) is 19.0 Å². The third-order valence-electron chi connectivity index (χ3n) is 12.2. The Labute approximate surface area is 466 Å². The van der Waals surface area contributed by atoms with Gasteiger partial charge in [0.1, 0.15) is 19.8 Å². The molecule has 0 aromatic heterocycles. The lowest BCUT2D eigenvalue weighted by Gasteiger charge is -2.24. The average molecular weight is 1080 g/mol. The third kappa shape index (κ3) is 59.4. The molecule has 0 aromatic carbocycles. The van der Waals surface area contributed by atoms with Crippen LogP contribution in [0.5, 0.6) is 0 Å². The largest absolute Gasteiger partial charge is 0.472 e. The summed E-state index contributed by atoms with van der Waals surface area (Å²) in [6.07, 6.45) is 80.9. The van der Waals surface area contributed by atoms with Gasteiger partial charge in [0, 0.05) is 12.8 Å². The molecular formula is C66H111NO8P+. The molecule has 9 nitrogen and oxygen atoms in total. The number of phosphoric acid groups is 1. The molecule has 0 bridgehead atoms. The lowest BCUT2D eigenvalue weighted by atomic mass is 10.1. The van der Waals surface area contributed by atoms with E-state index in [1.165, 1.54) is 64.2 Å². The fourth-order valence-electron chi connectivity index (χ4n) is 7.57. The van der Waals surface area contributed by atoms with Crippen LogP contribution in [-0.2, 0) is 32.7 Å². The Morgan fingerprint density at radius 1 is 0.421 bits per heavy atom. The summed E-state index contributed by atoms with van der Waals surface area (Å²) in [7, 11) is 1.44. The zero-order chi connectivity index (χ0) is 55.6. The number of likely N-dealkylation sites (N-methyl/N-ethyl adjacent to an activating group) is 1. The van der Waals surface area contributed by atoms with Crippen LogP contribution in [0.25, 0.3) is 0 Å². The molecule has 0 rings (SSSR count). The summed E-state index contributed by atoms with van der Waals surface area (Å²) in [6.45, 7) is 4.26. The highest BCUT2D eigenvalue weighted by Crippen LogP contribution is 2.43. The van der Waals surface area contributed by atoms with Crippen LogP contribution in [0.4, 0.5) is 0 Å². The fourth-order valence-corrected chi connectivity index (χ4v) is 8.31. The predicted octanol–water partition coefficient (Wildman–Crippen LogP) is 18.9. The molecule has 76 heavy (non-hydrogen) atoms. The van der Waals surface area contributed by atoms with Gasteiger partial charge in [0.05, 0.1) is 27.7 Å². The van der Waals surface area contributed by atoms with Gasteiger partial charge in [0.2, 0.25) is 0 Å². The smallest absolute Gasteiger partial charge is 0.462 e. The molecular weight excluding hydrogens is 966 g/mol. The van der Waals surface area contributed by atoms with Crippen LogP contribution in [0.3, 0.4) is 0 Å². The predicted molar refractivity (Wildman–Crippen MR) is 325 cm³/mol. The summed E-state index contributed by atoms with van der Waals surface area (Å²) < 4.78 is 34.5. The molecule has 432 valence electrons. The molecule has 2 atom stereocenters. The van der Waals surface area contributed by atoms with Gasteiger partial charge in [-0.25, -0.2) is 4.57 Å². The molecule has 0 spiro atoms. The maximum absolute atomic E-state index is 12.8. The SMILES string of the molecule is CC/C=C\C/C=C\C/C=C\C/C=C\C/C=C\C/C=C\C/C=C\C/C=C\C/C=C\C/C=C\CCCCCCC(=O)OC(COC(=O)CCCCCCCCC/C=C\CCCCCCCC)COP(=O)(O)OCC[N+](C)(C)C. The number of carbonyl (C=O) groups is 2. The maximum Gasteiger partial charge on any atom is 0.472 e. The highest BCUT2D eigenvalue weighted by atomic mass is 31.2. The van der Waals surface area contributed by atoms with Gasteiger partial charge < -0.3 is 18.9 Å². The van der Waals surface area contributed by atoms with E-state index in [0.717, 1.165) is 122 Å². The lowest BCUT2D eigenvalue weighted by molar-refractivity contribution is -0.870. The fraction of sp³-hybridized carbons (Fsp3) is 0.636. The summed E-state index contributed by atoms with van der Waals surface area (Å²) in [5.74, 6) is -0.840. The van der Waals surface area contributed by atoms with Crippen LogP contribution in [0.2, 0.25) is 0 Å². The topological polar surface area (TPSA) is 108 Å². The number of ether oxygens (including phenoxy) is 2. The lowest BCUT2D eigenvalue weighted by Crippen LogP contribution is -2.37. The molecule has 0 heterocycles. The van der Waals surface area contributed by atoms with Crippen LogP contribution in [-0.4, -0.2) is 74.9 Å². The van der Waals surface area contributed by atoms with Gasteiger partial charge in [0.15, 0.2) is 6.10 Å². The molecule has 0 aliphatic rings. The van der Waals surface area contributed by atoms with E-state index in [1.807, 2.05) is 21.1 Å². The Balaban J connectivity index is 4.25. The molecule has 0 aliphatic heterocycles. The van der Waals surface area contributed by atoms with Crippen molar-refractivity contribution < 1.29 is 42.1 Å². The van der Waals surface area contributed by atoms with Crippen molar-refractivity contribution in [2.75, 3.05) is 47.5 Å². The van der Waals surface area contributed by atoms with Gasteiger partial charge in [-0.15, -0.1) is 0 Å². The molecule has 0 amide bonds. The highest BCUT2D eigenvalue weighted by molar-refractivity contribution is 7.47. The van der Waals surface area contributed by atoms with Gasteiger partial charge >= 0.3 is 19.8 Å². The van der Waals surface area contributed by atoms with E-state index in [-0.39, 0.29) is 32.0 Å². The van der Waals surface area contributed by atoms with Gasteiger partial charge in [-0.1, -0.05) is 225 Å². The summed E-state index contributed by atoms with van der Waals surface area (Å²) in [5, 5.41) is 0. The third-order valence-corrected chi connectivity index (χ3v) is 13.1. The number of esters is 2. The minimum atomic E-state index is -4.40. The summed E-state index contributed by atoms with van der Waals surface area (Å²) in [4.78, 5) is 35.7. The molecule has 0 aliphatic carbocycles. The van der Waals surface area contributed by atoms with Crippen LogP contribution < -0.4 is 0 Å². The van der Waals surface area contributed by atoms with Crippen LogP contribution >= 0.6 is 7.82 Å². The number of rotatable bonds is 53. The van der Waals surface area contributed by atoms with Crippen molar-refractivity contribution >= 4 is 19.8 Å². The Morgan fingerprint density at radius 2 is 0.750 bits per heavy atom. The van der Waals surface area contributed by atoms with Crippen molar-refractivity contribution in [2.24, 2.45) is 0 Å². The average Bonchev–Trinajstić information content (AvgIpc) is 3.38. The van der Waals surface area contributed by atoms with Crippen molar-refractivity contribution in [1.29, 1.82) is 0 Å². The number of hydrogen-bond acceptors (Lipinski definition) is 7. The van der Waals surface area contributed by atoms with Crippen LogP contribution in [0, 0.1) is 0 Å². The van der Waals surface area contributed by atoms with E-state index in [4.69, 9.17) is 18.5 Å². The number of nitrogens with zero attached hydrogens (tertiary/aromatic N) is 1. The van der Waals surface area contributed by atoms with Crippen molar-refractivity contribution in [3.8, 4) is 0 Å². The van der Waals surface area contributed by atoms with Crippen molar-refractivity contribution in [2.45, 2.75) is 225 Å². The summed E-state index contributed by atoms with van der Waals surface area (Å²) in [6, 6.07) is 0. The first-order chi connectivity index (χ1) is 37.0. The van der Waals surface area contributed by atoms with E-state index in [0.29, 0.717) is 17.4 Å². The normalized spacial score (nSPS) is 14.2. The molecule has 1 N–H and O–H groups in total. The second-order valence-electron chi connectivity index (χ2n) is 20.6. The quantitative estimate of drug-likeness (QED) is 0.0211. The maximum atomic E-state index is 12.8. The Bertz CT molecular complexity index is 1740. The second-order valence-corrected chi connectivity index (χ2v) is 22.1. The first-order valence-corrected chi connectivity index (χ1v) is 31.4. The first-order valence-electron chi connectivity index (χ1n) is 29.9. The molecule has 0 saturated heterocycles. The number of hydrogen-bond donors (Lipinski definition) is 1. The van der Waals surface area contributed by atoms with E-state index in [2.05, 4.69) is 148 Å². The first kappa shape index (κ1) is 72.2. The number of allylic oxidation sites excluding steroid dienone is 22. The van der Waals surface area contributed by atoms with Gasteiger partial charge in [-0.05, 0) is 116 Å². The molecule has 0 fully saturated rings. The Morgan fingerprint density at radius 3 is 1.13 bits per heavy atom. The van der Waals surface area contributed by atoms with E-state index < -0.39 is 26.5 Å². The summed E-state index contributed by atoms with van der Waals surface area (Å²) >= 11 is 0. The van der Waals surface area contributed by atoms with Gasteiger partial charge in [0.25, 0.3) is 0 Å². The highest BCUT2D eigenvalue weighted by Gasteiger charge is 2.27. The zero-order valence-corrected chi connectivity index (χ0v) is 49.8. The molecule has 0 radical (unpaired) electrons. The van der Waals surface area contributed by atoms with Crippen molar-refractivity contribution in [1.82, 2.24) is 0 Å². The van der Waals surface area contributed by atoms with E-state index >= 15 is 0 Å². The molecule has 10 heteroatoms. The second kappa shape index (κ2) is 55.9. The standard InChI is InChI=1S/C66H110NO8P/c1-6-8-10-12-14-16-18-20-22-24-25-26-27-28-29-30-31-32-33-34-35-36-37-38-39-40-41-43-45-47-49-51-53-55-57-59-66(69)75-64(63-74-76(70,71)73-61-60-67(3,4)5)62-72-65(68)58-56-54-52-50-48-46-44-42-23-21-19-17-15-13-11-9-7-2/h8,10,14,16,20-23,25-26,28-29,31-32,34-35,37-38,40-41,45,47,64H,6-7,9,11-13,15,17-19,24,27,30,33,36,39,42-44,46,48-63H2,1-5H3/p+1/b10-8-,16-14-,22-20-,23-21-,26-25-,29-28-,32-31-,35-34-,38-37-,41-40-,47-45-. The van der Waals surface area contributed by atoms with Crippen LogP contribution in [0.1, 0.15) is 219 Å². The van der Waals surface area contributed by atoms with Crippen LogP contribution in [0.15, 0.2) is 134 Å². The minimum Gasteiger partial charge on any atom is -0.462 e. The Kier molecular flexibility index (Phi) is 53.1. The van der Waals surface area contributed by atoms with Gasteiger partial charge in [-0.2, -0.15) is 0 Å². The number of carbonyl (C=O) groups excluding carboxylic acids is 2. The van der Waals surface area contributed by atoms with Crippen molar-refractivity contribution in [3.05, 3.63) is 134 Å². The van der Waals surface area contributed by atoms with Crippen molar-refractivity contribution in [3.63, 3.8) is 0 Å². The monoisotopic (exact) mass is 1080 g/mol. The zero-order valence-electron chi connectivity index (χ0n) is 48.9. The molecule has 0 saturated carbocycles. The van der Waals surface area contributed by atoms with E-state index in [1.54, 1.807) is 0 Å². The Hall–Kier alpha value is -3.85.